The smallest absolute Gasteiger partial charge is 0.241 e. The third-order valence-corrected chi connectivity index (χ3v) is 5.04. The van der Waals surface area contributed by atoms with Crippen LogP contribution < -0.4 is 0 Å². The lowest BCUT2D eigenvalue weighted by atomic mass is 10.0. The van der Waals surface area contributed by atoms with Gasteiger partial charge in [0.05, 0.1) is 11.9 Å². The van der Waals surface area contributed by atoms with Gasteiger partial charge in [0, 0.05) is 11.6 Å². The number of phenolic OH excluding ortho intramolecular Hbond substituents is 2. The number of aryl methyl sites for hydroxylation is 1. The van der Waals surface area contributed by atoms with E-state index < -0.39 is 0 Å². The number of allylic oxidation sites excluding steroid dienone is 4. The van der Waals surface area contributed by atoms with E-state index in [1.165, 1.54) is 12.3 Å². The molecule has 7 heteroatoms. The molecule has 28 heavy (non-hydrogen) atoms. The Morgan fingerprint density at radius 2 is 2.04 bits per heavy atom. The zero-order chi connectivity index (χ0) is 19.7. The molecule has 0 saturated carbocycles. The lowest BCUT2D eigenvalue weighted by Gasteiger charge is -2.20. The summed E-state index contributed by atoms with van der Waals surface area (Å²) in [5, 5.41) is 20.7. The summed E-state index contributed by atoms with van der Waals surface area (Å²) < 4.78 is 13.2. The number of rotatable bonds is 4. The topological polar surface area (TPSA) is 76.7 Å². The minimum absolute atomic E-state index is 0.0553. The van der Waals surface area contributed by atoms with Crippen LogP contribution >= 0.6 is 12.6 Å². The van der Waals surface area contributed by atoms with Crippen LogP contribution in [-0.4, -0.2) is 19.8 Å². The molecule has 2 aromatic rings. The van der Waals surface area contributed by atoms with Gasteiger partial charge < -0.3 is 19.7 Å². The van der Waals surface area contributed by atoms with Crippen molar-refractivity contribution in [2.75, 3.05) is 0 Å². The summed E-state index contributed by atoms with van der Waals surface area (Å²) in [6.45, 7) is 1.93. The summed E-state index contributed by atoms with van der Waals surface area (Å²) in [5.74, 6) is 1.03. The lowest BCUT2D eigenvalue weighted by molar-refractivity contribution is 0.266. The second-order valence-electron chi connectivity index (χ2n) is 6.46. The lowest BCUT2D eigenvalue weighted by Crippen LogP contribution is -2.08. The highest BCUT2D eigenvalue weighted by molar-refractivity contribution is 7.80. The number of hydrogen-bond donors (Lipinski definition) is 3. The third kappa shape index (κ3) is 3.29. The number of phenols is 2. The number of nitrogens with zero attached hydrogens (tertiary/aromatic N) is 2. The molecule has 1 aromatic carbocycles. The van der Waals surface area contributed by atoms with Gasteiger partial charge in [-0.05, 0) is 36.5 Å². The van der Waals surface area contributed by atoms with Crippen LogP contribution in [0.25, 0.3) is 17.1 Å². The fourth-order valence-electron chi connectivity index (χ4n) is 3.21. The monoisotopic (exact) mass is 396 g/mol. The maximum atomic E-state index is 10.4. The number of aromatic hydroxyl groups is 2. The van der Waals surface area contributed by atoms with Crippen molar-refractivity contribution in [2.24, 2.45) is 0 Å². The van der Waals surface area contributed by atoms with Gasteiger partial charge in [-0.25, -0.2) is 4.98 Å². The van der Waals surface area contributed by atoms with Gasteiger partial charge in [-0.3, -0.25) is 4.57 Å². The van der Waals surface area contributed by atoms with E-state index >= 15 is 0 Å². The van der Waals surface area contributed by atoms with Crippen LogP contribution in [0.1, 0.15) is 25.3 Å². The highest BCUT2D eigenvalue weighted by atomic mass is 32.1. The van der Waals surface area contributed by atoms with Gasteiger partial charge in [0.25, 0.3) is 0 Å². The normalized spacial score (nSPS) is 16.0. The third-order valence-electron chi connectivity index (χ3n) is 4.72. The Morgan fingerprint density at radius 1 is 1.18 bits per heavy atom. The maximum absolute atomic E-state index is 10.4. The molecule has 1 aliphatic heterocycles. The SMILES string of the molecule is CCc1cc(-c2cnc(S)n2C2=COC(C3=CC=CCC3)=CO2)c(O)cc1O. The molecule has 2 N–H and O–H groups in total. The van der Waals surface area contributed by atoms with E-state index in [0.29, 0.717) is 34.5 Å². The summed E-state index contributed by atoms with van der Waals surface area (Å²) in [6, 6.07) is 3.06. The highest BCUT2D eigenvalue weighted by Gasteiger charge is 2.21. The van der Waals surface area contributed by atoms with Gasteiger partial charge >= 0.3 is 0 Å². The molecule has 0 radical (unpaired) electrons. The van der Waals surface area contributed by atoms with E-state index in [9.17, 15) is 10.2 Å². The van der Waals surface area contributed by atoms with E-state index in [4.69, 9.17) is 9.47 Å². The second kappa shape index (κ2) is 7.52. The molecule has 144 valence electrons. The Kier molecular flexibility index (Phi) is 4.92. The van der Waals surface area contributed by atoms with E-state index in [-0.39, 0.29) is 11.5 Å². The van der Waals surface area contributed by atoms with Gasteiger partial charge in [-0.2, -0.15) is 0 Å². The zero-order valence-corrected chi connectivity index (χ0v) is 16.2. The number of aromatic nitrogens is 2. The number of imidazole rings is 1. The molecule has 0 saturated heterocycles. The number of ether oxygens (including phenoxy) is 2. The highest BCUT2D eigenvalue weighted by Crippen LogP contribution is 2.38. The maximum Gasteiger partial charge on any atom is 0.241 e. The summed E-state index contributed by atoms with van der Waals surface area (Å²) >= 11 is 4.41. The molecular formula is C21H20N2O4S. The van der Waals surface area contributed by atoms with Crippen LogP contribution in [0.4, 0.5) is 0 Å². The van der Waals surface area contributed by atoms with Crippen LogP contribution in [0.3, 0.4) is 0 Å². The molecular weight excluding hydrogens is 376 g/mol. The predicted octanol–water partition coefficient (Wildman–Crippen LogP) is 4.73. The minimum atomic E-state index is -0.0584. The Hall–Kier alpha value is -3.06. The van der Waals surface area contributed by atoms with E-state index in [2.05, 4.69) is 23.7 Å². The molecule has 6 nitrogen and oxygen atoms in total. The molecule has 0 bridgehead atoms. The molecule has 0 atom stereocenters. The number of benzene rings is 1. The molecule has 0 unspecified atom stereocenters. The average Bonchev–Trinajstić information content (AvgIpc) is 3.10. The van der Waals surface area contributed by atoms with E-state index in [1.54, 1.807) is 23.1 Å². The molecule has 1 aromatic heterocycles. The van der Waals surface area contributed by atoms with Crippen molar-refractivity contribution in [1.29, 1.82) is 0 Å². The molecule has 0 fully saturated rings. The molecule has 0 spiro atoms. The number of thiol groups is 1. The average molecular weight is 396 g/mol. The predicted molar refractivity (Wildman–Crippen MR) is 109 cm³/mol. The zero-order valence-electron chi connectivity index (χ0n) is 15.3. The first kappa shape index (κ1) is 18.3. The van der Waals surface area contributed by atoms with Gasteiger partial charge in [0.15, 0.2) is 17.2 Å². The minimum Gasteiger partial charge on any atom is -0.508 e. The van der Waals surface area contributed by atoms with Crippen molar-refractivity contribution < 1.29 is 19.7 Å². The van der Waals surface area contributed by atoms with E-state index in [1.807, 2.05) is 19.1 Å². The van der Waals surface area contributed by atoms with Gasteiger partial charge in [0.2, 0.25) is 5.88 Å². The standard InChI is InChI=1S/C21H20N2O4S/c1-2-13-8-15(18(25)9-17(13)24)16-10-22-21(28)23(16)20-12-26-19(11-27-20)14-6-4-3-5-7-14/h3-4,6,8-12,24-25H,2,5,7H2,1H3,(H,22,28). The molecule has 2 aliphatic rings. The summed E-state index contributed by atoms with van der Waals surface area (Å²) in [7, 11) is 0. The first-order chi connectivity index (χ1) is 13.6. The van der Waals surface area contributed by atoms with Crippen molar-refractivity contribution in [1.82, 2.24) is 9.55 Å². The Morgan fingerprint density at radius 3 is 2.71 bits per heavy atom. The van der Waals surface area contributed by atoms with Crippen molar-refractivity contribution in [3.8, 4) is 22.8 Å². The Balaban J connectivity index is 1.68. The van der Waals surface area contributed by atoms with Crippen molar-refractivity contribution >= 4 is 18.5 Å². The van der Waals surface area contributed by atoms with Crippen LogP contribution in [0.5, 0.6) is 11.5 Å². The molecule has 4 rings (SSSR count). The van der Waals surface area contributed by atoms with Gasteiger partial charge in [-0.15, -0.1) is 12.6 Å². The van der Waals surface area contributed by atoms with E-state index in [0.717, 1.165) is 24.0 Å². The molecule has 0 amide bonds. The largest absolute Gasteiger partial charge is 0.508 e. The van der Waals surface area contributed by atoms with Crippen molar-refractivity contribution in [3.63, 3.8) is 0 Å². The second-order valence-corrected chi connectivity index (χ2v) is 6.86. The quantitative estimate of drug-likeness (QED) is 0.651. The summed E-state index contributed by atoms with van der Waals surface area (Å²) in [4.78, 5) is 4.23. The Bertz CT molecular complexity index is 1050. The van der Waals surface area contributed by atoms with Gasteiger partial charge in [0.1, 0.15) is 17.8 Å². The number of hydrogen-bond acceptors (Lipinski definition) is 6. The van der Waals surface area contributed by atoms with Gasteiger partial charge in [-0.1, -0.05) is 25.2 Å². The fourth-order valence-corrected chi connectivity index (χ4v) is 3.47. The van der Waals surface area contributed by atoms with Crippen molar-refractivity contribution in [3.05, 3.63) is 66.0 Å². The van der Waals surface area contributed by atoms with Crippen molar-refractivity contribution in [2.45, 2.75) is 31.3 Å². The van der Waals surface area contributed by atoms with Crippen LogP contribution in [-0.2, 0) is 15.9 Å². The summed E-state index contributed by atoms with van der Waals surface area (Å²) in [6.07, 6.45) is 13.2. The van der Waals surface area contributed by atoms with Crippen LogP contribution in [0.15, 0.2) is 65.6 Å². The Labute approximate surface area is 168 Å². The molecule has 2 heterocycles. The fraction of sp³-hybridized carbons (Fsp3) is 0.190. The first-order valence-electron chi connectivity index (χ1n) is 9.00. The first-order valence-corrected chi connectivity index (χ1v) is 9.45. The summed E-state index contributed by atoms with van der Waals surface area (Å²) in [5.41, 5.74) is 2.87. The molecule has 1 aliphatic carbocycles. The van der Waals surface area contributed by atoms with Crippen LogP contribution in [0.2, 0.25) is 0 Å². The van der Waals surface area contributed by atoms with Crippen LogP contribution in [0, 0.1) is 0 Å².